The van der Waals surface area contributed by atoms with Crippen LogP contribution in [0.2, 0.25) is 5.15 Å². The summed E-state index contributed by atoms with van der Waals surface area (Å²) >= 11 is 5.88. The van der Waals surface area contributed by atoms with Gasteiger partial charge in [-0.25, -0.2) is 9.78 Å². The number of carbonyl (C=O) groups is 1. The van der Waals surface area contributed by atoms with Gasteiger partial charge in [-0.2, -0.15) is 0 Å². The van der Waals surface area contributed by atoms with E-state index in [9.17, 15) is 4.79 Å². The second-order valence-corrected chi connectivity index (χ2v) is 4.48. The van der Waals surface area contributed by atoms with Crippen LogP contribution in [0.3, 0.4) is 0 Å². The van der Waals surface area contributed by atoms with E-state index in [2.05, 4.69) is 10.3 Å². The standard InChI is InChI=1S/C15H15ClN2O2/c1-2-20-15(19)12-8-9-13(16)18-14(12)17-10-11-6-4-3-5-7-11/h3-9H,2,10H2,1H3,(H,17,18). The van der Waals surface area contributed by atoms with Crippen molar-refractivity contribution in [1.29, 1.82) is 0 Å². The summed E-state index contributed by atoms with van der Waals surface area (Å²) in [7, 11) is 0. The highest BCUT2D eigenvalue weighted by molar-refractivity contribution is 6.29. The predicted molar refractivity (Wildman–Crippen MR) is 79.0 cm³/mol. The maximum atomic E-state index is 11.8. The molecule has 0 atom stereocenters. The number of esters is 1. The lowest BCUT2D eigenvalue weighted by atomic mass is 10.2. The van der Waals surface area contributed by atoms with Crippen molar-refractivity contribution in [2.24, 2.45) is 0 Å². The first kappa shape index (κ1) is 14.3. The van der Waals surface area contributed by atoms with Crippen molar-refractivity contribution in [2.45, 2.75) is 13.5 Å². The molecule has 0 unspecified atom stereocenters. The van der Waals surface area contributed by atoms with Gasteiger partial charge in [0.05, 0.1) is 6.61 Å². The van der Waals surface area contributed by atoms with Crippen molar-refractivity contribution in [3.05, 3.63) is 58.7 Å². The van der Waals surface area contributed by atoms with Crippen molar-refractivity contribution in [3.8, 4) is 0 Å². The monoisotopic (exact) mass is 290 g/mol. The summed E-state index contributed by atoms with van der Waals surface area (Å²) in [6, 6.07) is 13.0. The van der Waals surface area contributed by atoms with Crippen LogP contribution in [0.25, 0.3) is 0 Å². The van der Waals surface area contributed by atoms with E-state index in [0.717, 1.165) is 5.56 Å². The third-order valence-electron chi connectivity index (χ3n) is 2.66. The molecule has 0 saturated carbocycles. The quantitative estimate of drug-likeness (QED) is 0.676. The first-order valence-electron chi connectivity index (χ1n) is 6.32. The van der Waals surface area contributed by atoms with Gasteiger partial charge in [0.25, 0.3) is 0 Å². The fraction of sp³-hybridized carbons (Fsp3) is 0.200. The Hall–Kier alpha value is -2.07. The van der Waals surface area contributed by atoms with Crippen LogP contribution >= 0.6 is 11.6 Å². The number of nitrogens with one attached hydrogen (secondary N) is 1. The number of nitrogens with zero attached hydrogens (tertiary/aromatic N) is 1. The average Bonchev–Trinajstić information content (AvgIpc) is 2.46. The van der Waals surface area contributed by atoms with Gasteiger partial charge in [-0.15, -0.1) is 0 Å². The number of hydrogen-bond donors (Lipinski definition) is 1. The number of carbonyl (C=O) groups excluding carboxylic acids is 1. The minimum atomic E-state index is -0.410. The van der Waals surface area contributed by atoms with Crippen molar-refractivity contribution in [2.75, 3.05) is 11.9 Å². The van der Waals surface area contributed by atoms with E-state index >= 15 is 0 Å². The van der Waals surface area contributed by atoms with Gasteiger partial charge in [0.2, 0.25) is 0 Å². The van der Waals surface area contributed by atoms with Crippen LogP contribution in [0.5, 0.6) is 0 Å². The predicted octanol–water partition coefficient (Wildman–Crippen LogP) is 3.52. The minimum Gasteiger partial charge on any atom is -0.462 e. The van der Waals surface area contributed by atoms with Crippen LogP contribution < -0.4 is 5.32 Å². The van der Waals surface area contributed by atoms with Crippen LogP contribution in [0.4, 0.5) is 5.82 Å². The molecule has 4 nitrogen and oxygen atoms in total. The molecule has 0 aliphatic heterocycles. The molecule has 0 saturated heterocycles. The number of pyridine rings is 1. The van der Waals surface area contributed by atoms with E-state index in [0.29, 0.717) is 29.7 Å². The Balaban J connectivity index is 2.17. The Morgan fingerprint density at radius 1 is 1.25 bits per heavy atom. The molecular formula is C15H15ClN2O2. The van der Waals surface area contributed by atoms with Gasteiger partial charge in [-0.3, -0.25) is 0 Å². The number of anilines is 1. The smallest absolute Gasteiger partial charge is 0.341 e. The lowest BCUT2D eigenvalue weighted by Gasteiger charge is -2.10. The Kier molecular flexibility index (Phi) is 4.96. The molecule has 1 aromatic carbocycles. The van der Waals surface area contributed by atoms with Crippen LogP contribution in [0, 0.1) is 0 Å². The molecule has 0 aliphatic carbocycles. The molecule has 0 spiro atoms. The molecule has 0 aliphatic rings. The molecule has 20 heavy (non-hydrogen) atoms. The maximum Gasteiger partial charge on any atom is 0.341 e. The topological polar surface area (TPSA) is 51.2 Å². The molecule has 1 N–H and O–H groups in total. The third-order valence-corrected chi connectivity index (χ3v) is 2.87. The molecule has 2 aromatic rings. The highest BCUT2D eigenvalue weighted by Gasteiger charge is 2.14. The number of rotatable bonds is 5. The van der Waals surface area contributed by atoms with Crippen molar-refractivity contribution >= 4 is 23.4 Å². The summed E-state index contributed by atoms with van der Waals surface area (Å²) in [5, 5.41) is 3.44. The van der Waals surface area contributed by atoms with Gasteiger partial charge in [-0.1, -0.05) is 41.9 Å². The minimum absolute atomic E-state index is 0.319. The zero-order chi connectivity index (χ0) is 14.4. The number of hydrogen-bond acceptors (Lipinski definition) is 4. The summed E-state index contributed by atoms with van der Waals surface area (Å²) in [5.41, 5.74) is 1.47. The molecule has 0 bridgehead atoms. The highest BCUT2D eigenvalue weighted by Crippen LogP contribution is 2.18. The van der Waals surface area contributed by atoms with E-state index in [-0.39, 0.29) is 0 Å². The number of halogens is 1. The lowest BCUT2D eigenvalue weighted by molar-refractivity contribution is 0.0527. The molecule has 104 valence electrons. The number of aromatic nitrogens is 1. The van der Waals surface area contributed by atoms with Crippen LogP contribution in [0.15, 0.2) is 42.5 Å². The third kappa shape index (κ3) is 3.71. The summed E-state index contributed by atoms with van der Waals surface area (Å²) in [6.07, 6.45) is 0. The Labute approximate surface area is 122 Å². The Bertz CT molecular complexity index is 588. The Morgan fingerprint density at radius 3 is 2.70 bits per heavy atom. The van der Waals surface area contributed by atoms with E-state index in [1.807, 2.05) is 30.3 Å². The van der Waals surface area contributed by atoms with E-state index in [4.69, 9.17) is 16.3 Å². The second-order valence-electron chi connectivity index (χ2n) is 4.09. The summed E-state index contributed by atoms with van der Waals surface area (Å²) in [4.78, 5) is 16.0. The van der Waals surface area contributed by atoms with Crippen LogP contribution in [-0.2, 0) is 11.3 Å². The molecule has 5 heteroatoms. The summed E-state index contributed by atoms with van der Waals surface area (Å²) in [5.74, 6) is 0.0204. The molecule has 0 amide bonds. The molecule has 1 aromatic heterocycles. The van der Waals surface area contributed by atoms with Gasteiger partial charge in [0, 0.05) is 6.54 Å². The first-order valence-corrected chi connectivity index (χ1v) is 6.70. The SMILES string of the molecule is CCOC(=O)c1ccc(Cl)nc1NCc1ccccc1. The fourth-order valence-corrected chi connectivity index (χ4v) is 1.87. The maximum absolute atomic E-state index is 11.8. The van der Waals surface area contributed by atoms with E-state index < -0.39 is 5.97 Å². The van der Waals surface area contributed by atoms with Crippen molar-refractivity contribution < 1.29 is 9.53 Å². The number of ether oxygens (including phenoxy) is 1. The van der Waals surface area contributed by atoms with Crippen molar-refractivity contribution in [1.82, 2.24) is 4.98 Å². The molecule has 2 rings (SSSR count). The molecule has 0 fully saturated rings. The second kappa shape index (κ2) is 6.91. The zero-order valence-electron chi connectivity index (χ0n) is 11.1. The highest BCUT2D eigenvalue weighted by atomic mass is 35.5. The van der Waals surface area contributed by atoms with Gasteiger partial charge in [-0.05, 0) is 24.6 Å². The largest absolute Gasteiger partial charge is 0.462 e. The Morgan fingerprint density at radius 2 is 2.00 bits per heavy atom. The molecule has 1 heterocycles. The zero-order valence-corrected chi connectivity index (χ0v) is 11.9. The normalized spacial score (nSPS) is 10.1. The lowest BCUT2D eigenvalue weighted by Crippen LogP contribution is -2.11. The van der Waals surface area contributed by atoms with Crippen molar-refractivity contribution in [3.63, 3.8) is 0 Å². The van der Waals surface area contributed by atoms with E-state index in [1.54, 1.807) is 19.1 Å². The van der Waals surface area contributed by atoms with Crippen LogP contribution in [0.1, 0.15) is 22.8 Å². The van der Waals surface area contributed by atoms with Gasteiger partial charge < -0.3 is 10.1 Å². The van der Waals surface area contributed by atoms with Crippen LogP contribution in [-0.4, -0.2) is 17.6 Å². The van der Waals surface area contributed by atoms with E-state index in [1.165, 1.54) is 0 Å². The number of benzene rings is 1. The average molecular weight is 291 g/mol. The van der Waals surface area contributed by atoms with Gasteiger partial charge in [0.1, 0.15) is 16.5 Å². The molecular weight excluding hydrogens is 276 g/mol. The first-order chi connectivity index (χ1) is 9.70. The van der Waals surface area contributed by atoms with Gasteiger partial charge >= 0.3 is 5.97 Å². The fourth-order valence-electron chi connectivity index (χ4n) is 1.73. The molecule has 0 radical (unpaired) electrons. The summed E-state index contributed by atoms with van der Waals surface area (Å²) < 4.78 is 5.00. The van der Waals surface area contributed by atoms with Gasteiger partial charge in [0.15, 0.2) is 0 Å². The summed E-state index contributed by atoms with van der Waals surface area (Å²) in [6.45, 7) is 2.64.